The highest BCUT2D eigenvalue weighted by Gasteiger charge is 2.16. The molecule has 2 heterocycles. The van der Waals surface area contributed by atoms with E-state index >= 15 is 0 Å². The topological polar surface area (TPSA) is 42.3 Å². The van der Waals surface area contributed by atoms with Gasteiger partial charge in [0.2, 0.25) is 5.91 Å². The van der Waals surface area contributed by atoms with E-state index in [1.807, 2.05) is 4.90 Å². The van der Waals surface area contributed by atoms with E-state index in [0.29, 0.717) is 12.1 Å². The number of ketones is 1. The standard InChI is InChI=1S/C13H18N2O2/c1-11(16)12-5-8-14(9-12)10-13(17)15-6-3-2-4-7-15/h5,8-9H,2-4,6-7,10H2,1H3. The highest BCUT2D eigenvalue weighted by atomic mass is 16.2. The lowest BCUT2D eigenvalue weighted by molar-refractivity contribution is -0.132. The Morgan fingerprint density at radius 3 is 2.53 bits per heavy atom. The smallest absolute Gasteiger partial charge is 0.242 e. The van der Waals surface area contributed by atoms with Gasteiger partial charge in [-0.2, -0.15) is 0 Å². The molecule has 1 aromatic rings. The van der Waals surface area contributed by atoms with Crippen LogP contribution in [0.4, 0.5) is 0 Å². The molecule has 17 heavy (non-hydrogen) atoms. The molecule has 1 aromatic heterocycles. The molecular formula is C13H18N2O2. The molecule has 0 unspecified atom stereocenters. The van der Waals surface area contributed by atoms with Gasteiger partial charge in [-0.25, -0.2) is 0 Å². The normalized spacial score (nSPS) is 15.9. The van der Waals surface area contributed by atoms with Crippen molar-refractivity contribution in [2.75, 3.05) is 13.1 Å². The van der Waals surface area contributed by atoms with Crippen molar-refractivity contribution in [1.29, 1.82) is 0 Å². The highest BCUT2D eigenvalue weighted by molar-refractivity contribution is 5.93. The molecule has 0 radical (unpaired) electrons. The third kappa shape index (κ3) is 2.96. The molecule has 4 nitrogen and oxygen atoms in total. The van der Waals surface area contributed by atoms with Crippen molar-refractivity contribution in [1.82, 2.24) is 9.47 Å². The van der Waals surface area contributed by atoms with Gasteiger partial charge in [0.1, 0.15) is 6.54 Å². The average molecular weight is 234 g/mol. The second kappa shape index (κ2) is 5.17. The van der Waals surface area contributed by atoms with Gasteiger partial charge < -0.3 is 9.47 Å². The number of hydrogen-bond acceptors (Lipinski definition) is 2. The molecule has 4 heteroatoms. The molecule has 2 rings (SSSR count). The number of likely N-dealkylation sites (tertiary alicyclic amines) is 1. The van der Waals surface area contributed by atoms with E-state index < -0.39 is 0 Å². The zero-order valence-electron chi connectivity index (χ0n) is 10.2. The summed E-state index contributed by atoms with van der Waals surface area (Å²) in [6.45, 7) is 3.62. The molecule has 0 saturated carbocycles. The van der Waals surface area contributed by atoms with E-state index in [2.05, 4.69) is 0 Å². The van der Waals surface area contributed by atoms with Crippen molar-refractivity contribution in [3.8, 4) is 0 Å². The molecule has 1 fully saturated rings. The third-order valence-corrected chi connectivity index (χ3v) is 3.18. The molecule has 1 amide bonds. The Bertz CT molecular complexity index is 417. The fraction of sp³-hybridized carbons (Fsp3) is 0.538. The number of Topliss-reactive ketones (excluding diaryl/α,β-unsaturated/α-hetero) is 1. The number of aromatic nitrogens is 1. The Balaban J connectivity index is 1.94. The monoisotopic (exact) mass is 234 g/mol. The zero-order valence-corrected chi connectivity index (χ0v) is 10.2. The first-order chi connectivity index (χ1) is 8.16. The SMILES string of the molecule is CC(=O)c1ccn(CC(=O)N2CCCCC2)c1. The molecule has 0 aliphatic carbocycles. The van der Waals surface area contributed by atoms with Crippen LogP contribution in [-0.4, -0.2) is 34.2 Å². The number of piperidine rings is 1. The van der Waals surface area contributed by atoms with Gasteiger partial charge in [-0.3, -0.25) is 9.59 Å². The van der Waals surface area contributed by atoms with Gasteiger partial charge in [-0.15, -0.1) is 0 Å². The van der Waals surface area contributed by atoms with Gasteiger partial charge in [0, 0.05) is 31.0 Å². The lowest BCUT2D eigenvalue weighted by Crippen LogP contribution is -2.37. The first-order valence-corrected chi connectivity index (χ1v) is 6.11. The number of amides is 1. The van der Waals surface area contributed by atoms with Crippen LogP contribution in [0.3, 0.4) is 0 Å². The van der Waals surface area contributed by atoms with Crippen LogP contribution >= 0.6 is 0 Å². The van der Waals surface area contributed by atoms with Crippen molar-refractivity contribution in [3.63, 3.8) is 0 Å². The van der Waals surface area contributed by atoms with Gasteiger partial charge in [-0.05, 0) is 32.3 Å². The average Bonchev–Trinajstić information content (AvgIpc) is 2.79. The van der Waals surface area contributed by atoms with Crippen LogP contribution in [0.15, 0.2) is 18.5 Å². The molecule has 0 atom stereocenters. The molecule has 92 valence electrons. The van der Waals surface area contributed by atoms with Crippen molar-refractivity contribution < 1.29 is 9.59 Å². The van der Waals surface area contributed by atoms with Crippen LogP contribution in [0.25, 0.3) is 0 Å². The summed E-state index contributed by atoms with van der Waals surface area (Å²) in [6.07, 6.45) is 6.97. The summed E-state index contributed by atoms with van der Waals surface area (Å²) in [5, 5.41) is 0. The van der Waals surface area contributed by atoms with Crippen molar-refractivity contribution in [2.45, 2.75) is 32.7 Å². The zero-order chi connectivity index (χ0) is 12.3. The van der Waals surface area contributed by atoms with E-state index in [9.17, 15) is 9.59 Å². The minimum absolute atomic E-state index is 0.0363. The van der Waals surface area contributed by atoms with Crippen LogP contribution in [0, 0.1) is 0 Å². The summed E-state index contributed by atoms with van der Waals surface area (Å²) in [5.41, 5.74) is 0.663. The fourth-order valence-electron chi connectivity index (χ4n) is 2.15. The molecule has 0 bridgehead atoms. The van der Waals surface area contributed by atoms with E-state index in [4.69, 9.17) is 0 Å². The number of carbonyl (C=O) groups excluding carboxylic acids is 2. The predicted octanol–water partition coefficient (Wildman–Crippen LogP) is 1.70. The van der Waals surface area contributed by atoms with Crippen LogP contribution in [0.1, 0.15) is 36.5 Å². The first-order valence-electron chi connectivity index (χ1n) is 6.11. The first kappa shape index (κ1) is 11.9. The van der Waals surface area contributed by atoms with Gasteiger partial charge in [0.15, 0.2) is 5.78 Å². The van der Waals surface area contributed by atoms with E-state index in [1.54, 1.807) is 23.0 Å². The maximum Gasteiger partial charge on any atom is 0.242 e. The largest absolute Gasteiger partial charge is 0.344 e. The Morgan fingerprint density at radius 2 is 1.94 bits per heavy atom. The number of hydrogen-bond donors (Lipinski definition) is 0. The Morgan fingerprint density at radius 1 is 1.24 bits per heavy atom. The Hall–Kier alpha value is -1.58. The van der Waals surface area contributed by atoms with Crippen molar-refractivity contribution in [3.05, 3.63) is 24.0 Å². The molecule has 0 aromatic carbocycles. The van der Waals surface area contributed by atoms with Crippen molar-refractivity contribution in [2.24, 2.45) is 0 Å². The van der Waals surface area contributed by atoms with Gasteiger partial charge >= 0.3 is 0 Å². The fourth-order valence-corrected chi connectivity index (χ4v) is 2.15. The van der Waals surface area contributed by atoms with Gasteiger partial charge in [0.05, 0.1) is 0 Å². The van der Waals surface area contributed by atoms with Crippen LogP contribution < -0.4 is 0 Å². The Labute approximate surface area is 101 Å². The highest BCUT2D eigenvalue weighted by Crippen LogP contribution is 2.10. The number of rotatable bonds is 3. The molecule has 0 N–H and O–H groups in total. The summed E-state index contributed by atoms with van der Waals surface area (Å²) in [6, 6.07) is 1.76. The molecule has 1 aliphatic rings. The van der Waals surface area contributed by atoms with Gasteiger partial charge in [0.25, 0.3) is 0 Å². The summed E-state index contributed by atoms with van der Waals surface area (Å²) < 4.78 is 1.79. The molecule has 0 spiro atoms. The van der Waals surface area contributed by atoms with Crippen LogP contribution in [0.5, 0.6) is 0 Å². The second-order valence-electron chi connectivity index (χ2n) is 4.57. The maximum atomic E-state index is 12.0. The quantitative estimate of drug-likeness (QED) is 0.747. The minimum atomic E-state index is 0.0363. The van der Waals surface area contributed by atoms with Crippen LogP contribution in [0.2, 0.25) is 0 Å². The summed E-state index contributed by atoms with van der Waals surface area (Å²) in [4.78, 5) is 25.0. The Kier molecular flexibility index (Phi) is 3.61. The van der Waals surface area contributed by atoms with Crippen LogP contribution in [-0.2, 0) is 11.3 Å². The lowest BCUT2D eigenvalue weighted by Gasteiger charge is -2.26. The maximum absolute atomic E-state index is 12.0. The minimum Gasteiger partial charge on any atom is -0.344 e. The number of nitrogens with zero attached hydrogens (tertiary/aromatic N) is 2. The van der Waals surface area contributed by atoms with Gasteiger partial charge in [-0.1, -0.05) is 0 Å². The molecular weight excluding hydrogens is 216 g/mol. The summed E-state index contributed by atoms with van der Waals surface area (Å²) in [5.74, 6) is 0.185. The number of carbonyl (C=O) groups is 2. The molecule has 1 aliphatic heterocycles. The van der Waals surface area contributed by atoms with E-state index in [-0.39, 0.29) is 11.7 Å². The molecule has 1 saturated heterocycles. The summed E-state index contributed by atoms with van der Waals surface area (Å²) in [7, 11) is 0. The predicted molar refractivity (Wildman–Crippen MR) is 64.9 cm³/mol. The lowest BCUT2D eigenvalue weighted by atomic mass is 10.1. The second-order valence-corrected chi connectivity index (χ2v) is 4.57. The van der Waals surface area contributed by atoms with Crippen molar-refractivity contribution >= 4 is 11.7 Å². The summed E-state index contributed by atoms with van der Waals surface area (Å²) >= 11 is 0. The van der Waals surface area contributed by atoms with E-state index in [0.717, 1.165) is 25.9 Å². The van der Waals surface area contributed by atoms with E-state index in [1.165, 1.54) is 13.3 Å². The third-order valence-electron chi connectivity index (χ3n) is 3.18.